The molecule has 0 aliphatic heterocycles. The molecule has 4 aromatic carbocycles. The van der Waals surface area contributed by atoms with Crippen LogP contribution in [0.5, 0.6) is 11.5 Å². The first kappa shape index (κ1) is 36.2. The molecule has 52 heavy (non-hydrogen) atoms. The van der Waals surface area contributed by atoms with Crippen LogP contribution in [0.25, 0.3) is 21.8 Å². The van der Waals surface area contributed by atoms with Crippen molar-refractivity contribution in [2.24, 2.45) is 0 Å². The van der Waals surface area contributed by atoms with E-state index in [1.807, 2.05) is 0 Å². The molecule has 0 unspecified atom stereocenters. The summed E-state index contributed by atoms with van der Waals surface area (Å²) in [6.45, 7) is 3.26. The molecule has 0 saturated carbocycles. The Hall–Kier alpha value is -5.60. The van der Waals surface area contributed by atoms with Gasteiger partial charge in [-0.1, -0.05) is 36.4 Å². The monoisotopic (exact) mass is 744 g/mol. The van der Waals surface area contributed by atoms with Crippen LogP contribution in [0.1, 0.15) is 46.0 Å². The molecular formula is C38H36N2O10S2. The van der Waals surface area contributed by atoms with Crippen LogP contribution < -0.4 is 9.47 Å². The van der Waals surface area contributed by atoms with Gasteiger partial charge < -0.3 is 18.9 Å². The van der Waals surface area contributed by atoms with E-state index in [9.17, 15) is 26.4 Å². The van der Waals surface area contributed by atoms with Gasteiger partial charge in [-0.2, -0.15) is 0 Å². The number of hydrogen-bond donors (Lipinski definition) is 0. The number of carbonyl (C=O) groups is 2. The fourth-order valence-corrected chi connectivity index (χ4v) is 9.55. The normalized spacial score (nSPS) is 11.8. The molecule has 270 valence electrons. The van der Waals surface area contributed by atoms with Crippen molar-refractivity contribution in [3.05, 3.63) is 120 Å². The van der Waals surface area contributed by atoms with Gasteiger partial charge in [-0.15, -0.1) is 0 Å². The molecule has 6 aromatic rings. The van der Waals surface area contributed by atoms with Crippen molar-refractivity contribution in [1.82, 2.24) is 7.94 Å². The zero-order chi connectivity index (χ0) is 37.2. The number of methoxy groups -OCH3 is 2. The number of rotatable bonds is 13. The smallest absolute Gasteiger partial charge is 0.340 e. The summed E-state index contributed by atoms with van der Waals surface area (Å²) in [4.78, 5) is 27.5. The molecular weight excluding hydrogens is 709 g/mol. The summed E-state index contributed by atoms with van der Waals surface area (Å²) in [5, 5.41) is 0.500. The number of esters is 2. The molecule has 0 spiro atoms. The number of fused-ring (bicyclic) bond motifs is 2. The van der Waals surface area contributed by atoms with E-state index in [-0.39, 0.29) is 80.2 Å². The van der Waals surface area contributed by atoms with Gasteiger partial charge in [0.05, 0.1) is 70.8 Å². The van der Waals surface area contributed by atoms with Gasteiger partial charge in [-0.25, -0.2) is 34.4 Å². The zero-order valence-corrected chi connectivity index (χ0v) is 30.5. The average molecular weight is 745 g/mol. The Bertz CT molecular complexity index is 2350. The largest absolute Gasteiger partial charge is 0.497 e. The standard InChI is InChI=1S/C38H36N2O10S2/c1-5-49-37(41)35-29-23-25(47-3)17-19-31(29)39(51(43,44)27-13-9-7-10-14-27)33(35)21-22-34-36(38(42)50-6-2)30-24-26(48-4)18-20-32(30)40(34)52(45,46)28-15-11-8-12-16-28/h7-20,23-24H,5-6,21-22H2,1-4H3. The highest BCUT2D eigenvalue weighted by Gasteiger charge is 2.34. The van der Waals surface area contributed by atoms with Crippen molar-refractivity contribution in [3.8, 4) is 11.5 Å². The molecule has 2 aromatic heterocycles. The van der Waals surface area contributed by atoms with E-state index in [0.717, 1.165) is 7.94 Å². The molecule has 14 heteroatoms. The van der Waals surface area contributed by atoms with Crippen LogP contribution in [0.2, 0.25) is 0 Å². The second-order valence-electron chi connectivity index (χ2n) is 11.5. The molecule has 6 rings (SSSR count). The van der Waals surface area contributed by atoms with Crippen LogP contribution in [0.15, 0.2) is 107 Å². The molecule has 0 fully saturated rings. The Morgan fingerprint density at radius 3 is 1.25 bits per heavy atom. The number of carbonyl (C=O) groups excluding carboxylic acids is 2. The van der Waals surface area contributed by atoms with Gasteiger partial charge in [0.2, 0.25) is 0 Å². The third-order valence-corrected chi connectivity index (χ3v) is 12.1. The lowest BCUT2D eigenvalue weighted by Gasteiger charge is -2.16. The summed E-state index contributed by atoms with van der Waals surface area (Å²) < 4.78 is 82.0. The molecule has 0 N–H and O–H groups in total. The van der Waals surface area contributed by atoms with E-state index < -0.39 is 32.0 Å². The summed E-state index contributed by atoms with van der Waals surface area (Å²) in [6, 6.07) is 24.8. The Morgan fingerprint density at radius 1 is 0.558 bits per heavy atom. The van der Waals surface area contributed by atoms with E-state index in [1.54, 1.807) is 74.5 Å². The van der Waals surface area contributed by atoms with E-state index in [2.05, 4.69) is 0 Å². The lowest BCUT2D eigenvalue weighted by Crippen LogP contribution is -2.21. The second-order valence-corrected chi connectivity index (χ2v) is 15.1. The van der Waals surface area contributed by atoms with Gasteiger partial charge in [0.25, 0.3) is 20.0 Å². The van der Waals surface area contributed by atoms with Crippen molar-refractivity contribution in [2.75, 3.05) is 27.4 Å². The van der Waals surface area contributed by atoms with E-state index in [4.69, 9.17) is 18.9 Å². The lowest BCUT2D eigenvalue weighted by atomic mass is 10.0. The number of hydrogen-bond acceptors (Lipinski definition) is 10. The molecule has 2 heterocycles. The van der Waals surface area contributed by atoms with Gasteiger partial charge in [-0.3, -0.25) is 0 Å². The summed E-state index contributed by atoms with van der Waals surface area (Å²) in [6.07, 6.45) is -0.469. The lowest BCUT2D eigenvalue weighted by molar-refractivity contribution is 0.0516. The fourth-order valence-electron chi connectivity index (χ4n) is 6.34. The van der Waals surface area contributed by atoms with Crippen molar-refractivity contribution >= 4 is 53.8 Å². The highest BCUT2D eigenvalue weighted by molar-refractivity contribution is 7.90. The van der Waals surface area contributed by atoms with E-state index in [1.165, 1.54) is 50.6 Å². The van der Waals surface area contributed by atoms with Crippen molar-refractivity contribution in [3.63, 3.8) is 0 Å². The van der Waals surface area contributed by atoms with E-state index in [0.29, 0.717) is 11.5 Å². The molecule has 12 nitrogen and oxygen atoms in total. The van der Waals surface area contributed by atoms with Crippen LogP contribution in [0.3, 0.4) is 0 Å². The molecule has 0 amide bonds. The first-order valence-electron chi connectivity index (χ1n) is 16.4. The topological polar surface area (TPSA) is 149 Å². The summed E-state index contributed by atoms with van der Waals surface area (Å²) in [5.41, 5.74) is 0.316. The Labute approximate surface area is 301 Å². The van der Waals surface area contributed by atoms with Crippen LogP contribution in [-0.2, 0) is 42.4 Å². The average Bonchev–Trinajstić information content (AvgIpc) is 3.67. The van der Waals surface area contributed by atoms with Crippen molar-refractivity contribution in [2.45, 2.75) is 36.5 Å². The highest BCUT2D eigenvalue weighted by atomic mass is 32.2. The molecule has 0 saturated heterocycles. The quantitative estimate of drug-likeness (QED) is 0.125. The third kappa shape index (κ3) is 6.28. The Balaban J connectivity index is 1.68. The van der Waals surface area contributed by atoms with Crippen LogP contribution in [-0.4, -0.2) is 64.2 Å². The van der Waals surface area contributed by atoms with Gasteiger partial charge in [0.1, 0.15) is 11.5 Å². The maximum absolute atomic E-state index is 14.5. The molecule has 0 atom stereocenters. The minimum absolute atomic E-state index is 0.00124. The van der Waals surface area contributed by atoms with Crippen LogP contribution in [0, 0.1) is 0 Å². The maximum atomic E-state index is 14.5. The van der Waals surface area contributed by atoms with Crippen LogP contribution >= 0.6 is 0 Å². The zero-order valence-electron chi connectivity index (χ0n) is 28.9. The predicted octanol–water partition coefficient (Wildman–Crippen LogP) is 6.23. The van der Waals surface area contributed by atoms with Crippen molar-refractivity contribution in [1.29, 1.82) is 0 Å². The first-order valence-corrected chi connectivity index (χ1v) is 19.3. The number of ether oxygens (including phenoxy) is 4. The van der Waals surface area contributed by atoms with Gasteiger partial charge in [-0.05, 0) is 87.4 Å². The first-order chi connectivity index (χ1) is 25.0. The minimum atomic E-state index is -4.36. The predicted molar refractivity (Wildman–Crippen MR) is 194 cm³/mol. The van der Waals surface area contributed by atoms with E-state index >= 15 is 0 Å². The number of nitrogens with zero attached hydrogens (tertiary/aromatic N) is 2. The fraction of sp³-hybridized carbons (Fsp3) is 0.211. The van der Waals surface area contributed by atoms with Gasteiger partial charge in [0, 0.05) is 10.8 Å². The van der Waals surface area contributed by atoms with Gasteiger partial charge in [0.15, 0.2) is 0 Å². The molecule has 0 bridgehead atoms. The molecule has 0 aliphatic carbocycles. The van der Waals surface area contributed by atoms with Crippen LogP contribution in [0.4, 0.5) is 0 Å². The summed E-state index contributed by atoms with van der Waals surface area (Å²) in [7, 11) is -5.83. The molecule has 0 radical (unpaired) electrons. The highest BCUT2D eigenvalue weighted by Crippen LogP contribution is 2.37. The van der Waals surface area contributed by atoms with Crippen molar-refractivity contribution < 1.29 is 45.4 Å². The van der Waals surface area contributed by atoms with Gasteiger partial charge >= 0.3 is 11.9 Å². The SMILES string of the molecule is CCOC(=O)c1c(CCc2c(C(=O)OCC)c3cc(OC)ccc3n2S(=O)(=O)c2ccccc2)n(S(=O)(=O)c2ccccc2)c2ccc(OC)cc12. The number of aromatic nitrogens is 2. The summed E-state index contributed by atoms with van der Waals surface area (Å²) >= 11 is 0. The second kappa shape index (κ2) is 14.6. The minimum Gasteiger partial charge on any atom is -0.497 e. The Kier molecular flexibility index (Phi) is 10.1. The Morgan fingerprint density at radius 2 is 0.923 bits per heavy atom. The summed E-state index contributed by atoms with van der Waals surface area (Å²) in [5.74, 6) is -0.839. The third-order valence-electron chi connectivity index (χ3n) is 8.57. The molecule has 0 aliphatic rings. The number of benzene rings is 4. The maximum Gasteiger partial charge on any atom is 0.340 e.